The molecule has 3 aromatic rings. The third-order valence-electron chi connectivity index (χ3n) is 12.9. The third kappa shape index (κ3) is 8.30. The van der Waals surface area contributed by atoms with Crippen molar-refractivity contribution in [3.63, 3.8) is 0 Å². The van der Waals surface area contributed by atoms with Crippen LogP contribution in [0.2, 0.25) is 5.02 Å². The largest absolute Gasteiger partial charge is 0.374 e. The molecule has 6 heterocycles. The highest BCUT2D eigenvalue weighted by Crippen LogP contribution is 2.46. The number of aromatic nitrogens is 1. The maximum atomic E-state index is 13.5. The first-order valence-corrected chi connectivity index (χ1v) is 20.7. The predicted octanol–water partition coefficient (Wildman–Crippen LogP) is 5.38. The zero-order valence-corrected chi connectivity index (χ0v) is 33.0. The molecule has 294 valence electrons. The summed E-state index contributed by atoms with van der Waals surface area (Å²) in [4.78, 5) is 53.7. The van der Waals surface area contributed by atoms with Gasteiger partial charge in [-0.3, -0.25) is 24.6 Å². The van der Waals surface area contributed by atoms with Gasteiger partial charge in [-0.25, -0.2) is 4.98 Å². The van der Waals surface area contributed by atoms with Gasteiger partial charge in [-0.1, -0.05) is 17.7 Å². The quantitative estimate of drug-likeness (QED) is 0.288. The minimum Gasteiger partial charge on any atom is -0.374 e. The first-order chi connectivity index (χ1) is 27.1. The molecule has 12 nitrogen and oxygen atoms in total. The maximum absolute atomic E-state index is 13.5. The highest BCUT2D eigenvalue weighted by Gasteiger charge is 2.44. The SMILES string of the molecule is C[C@H]1CC2(CCN(c3ccc(C(=O)N4CCC(CN5CCN(c6cccc(N[C@H]7CCC(=O)NC7=O)c6)CC5)CC4)nc3)CC2)CN1c1ccc(C#N)c(Cl)c1. The lowest BCUT2D eigenvalue weighted by molar-refractivity contribution is -0.133. The van der Waals surface area contributed by atoms with Gasteiger partial charge >= 0.3 is 0 Å². The molecule has 5 aliphatic rings. The van der Waals surface area contributed by atoms with E-state index in [9.17, 15) is 19.6 Å². The second kappa shape index (κ2) is 16.3. The number of pyridine rings is 1. The molecule has 0 radical (unpaired) electrons. The number of hydrogen-bond donors (Lipinski definition) is 2. The van der Waals surface area contributed by atoms with Crippen molar-refractivity contribution >= 4 is 52.1 Å². The van der Waals surface area contributed by atoms with Crippen molar-refractivity contribution in [3.8, 4) is 6.07 Å². The average Bonchev–Trinajstić information content (AvgIpc) is 3.54. The molecule has 0 unspecified atom stereocenters. The molecule has 1 aromatic heterocycles. The summed E-state index contributed by atoms with van der Waals surface area (Å²) in [6, 6.07) is 20.1. The molecule has 2 aromatic carbocycles. The summed E-state index contributed by atoms with van der Waals surface area (Å²) in [5, 5.41) is 15.5. The lowest BCUT2D eigenvalue weighted by atomic mass is 9.76. The molecular weight excluding hydrogens is 726 g/mol. The monoisotopic (exact) mass is 777 g/mol. The molecule has 1 spiro atoms. The van der Waals surface area contributed by atoms with Crippen LogP contribution in [-0.2, 0) is 9.59 Å². The highest BCUT2D eigenvalue weighted by atomic mass is 35.5. The summed E-state index contributed by atoms with van der Waals surface area (Å²) in [7, 11) is 0. The zero-order chi connectivity index (χ0) is 38.8. The first kappa shape index (κ1) is 38.0. The van der Waals surface area contributed by atoms with Gasteiger partial charge in [0.2, 0.25) is 11.8 Å². The number of rotatable bonds is 8. The van der Waals surface area contributed by atoms with E-state index in [4.69, 9.17) is 11.6 Å². The number of benzene rings is 2. The van der Waals surface area contributed by atoms with Gasteiger partial charge in [-0.05, 0) is 105 Å². The van der Waals surface area contributed by atoms with E-state index < -0.39 is 6.04 Å². The van der Waals surface area contributed by atoms with Gasteiger partial charge < -0.3 is 24.9 Å². The van der Waals surface area contributed by atoms with Crippen molar-refractivity contribution in [3.05, 3.63) is 77.1 Å². The number of halogens is 1. The van der Waals surface area contributed by atoms with Gasteiger partial charge in [0, 0.05) is 95.0 Å². The lowest BCUT2D eigenvalue weighted by Crippen LogP contribution is -2.49. The number of nitrogens with one attached hydrogen (secondary N) is 2. The maximum Gasteiger partial charge on any atom is 0.272 e. The number of carbonyl (C=O) groups is 3. The second-order valence-corrected chi connectivity index (χ2v) is 17.0. The Balaban J connectivity index is 0.762. The van der Waals surface area contributed by atoms with Crippen molar-refractivity contribution in [2.45, 2.75) is 64.0 Å². The Hall–Kier alpha value is -4.86. The van der Waals surface area contributed by atoms with Crippen LogP contribution in [0.15, 0.2) is 60.8 Å². The number of imide groups is 1. The Labute approximate surface area is 334 Å². The van der Waals surface area contributed by atoms with E-state index >= 15 is 0 Å². The van der Waals surface area contributed by atoms with E-state index in [0.717, 1.165) is 120 Å². The third-order valence-corrected chi connectivity index (χ3v) is 13.2. The Morgan fingerprint density at radius 3 is 2.38 bits per heavy atom. The van der Waals surface area contributed by atoms with Crippen LogP contribution in [0.5, 0.6) is 0 Å². The molecule has 5 aliphatic heterocycles. The van der Waals surface area contributed by atoms with Crippen LogP contribution in [0, 0.1) is 22.7 Å². The van der Waals surface area contributed by atoms with Gasteiger partial charge in [-0.15, -0.1) is 0 Å². The van der Waals surface area contributed by atoms with E-state index in [1.165, 1.54) is 0 Å². The number of piperazine rings is 1. The van der Waals surface area contributed by atoms with Crippen LogP contribution in [-0.4, -0.2) is 110 Å². The van der Waals surface area contributed by atoms with E-state index in [0.29, 0.717) is 41.1 Å². The molecule has 13 heteroatoms. The van der Waals surface area contributed by atoms with Crippen LogP contribution < -0.4 is 25.3 Å². The van der Waals surface area contributed by atoms with Crippen LogP contribution in [0.1, 0.15) is 67.9 Å². The molecule has 5 saturated heterocycles. The van der Waals surface area contributed by atoms with Crippen LogP contribution in [0.3, 0.4) is 0 Å². The van der Waals surface area contributed by atoms with Crippen LogP contribution >= 0.6 is 11.6 Å². The summed E-state index contributed by atoms with van der Waals surface area (Å²) in [5.41, 5.74) is 5.49. The van der Waals surface area contributed by atoms with Crippen molar-refractivity contribution in [1.82, 2.24) is 20.1 Å². The van der Waals surface area contributed by atoms with Gasteiger partial charge in [0.05, 0.1) is 22.5 Å². The topological polar surface area (TPSA) is 128 Å². The summed E-state index contributed by atoms with van der Waals surface area (Å²) in [5.74, 6) is 0.131. The summed E-state index contributed by atoms with van der Waals surface area (Å²) >= 11 is 6.38. The molecule has 8 rings (SSSR count). The Morgan fingerprint density at radius 2 is 1.68 bits per heavy atom. The Kier molecular flexibility index (Phi) is 11.1. The fraction of sp³-hybridized carbons (Fsp3) is 0.512. The van der Waals surface area contributed by atoms with Crippen molar-refractivity contribution < 1.29 is 14.4 Å². The van der Waals surface area contributed by atoms with Gasteiger partial charge in [0.25, 0.3) is 5.91 Å². The molecule has 0 saturated carbocycles. The average molecular weight is 778 g/mol. The van der Waals surface area contributed by atoms with Gasteiger partial charge in [-0.2, -0.15) is 5.26 Å². The number of likely N-dealkylation sites (tertiary alicyclic amines) is 1. The standard InChI is InChI=1S/C43H52ClN9O3/c1-30-25-43(29-53(30)35-6-5-32(26-45)37(44)24-35)13-17-50(18-14-43)36-7-8-39(46-27-36)42(56)52-15-11-31(12-16-52)28-49-19-21-51(22-20-49)34-4-2-3-33(23-34)47-38-9-10-40(54)48-41(38)55/h2-8,23-24,27,30-31,38,47H,9-22,25,28-29H2,1H3,(H,48,54,55)/t30-,38-/m0/s1. The van der Waals surface area contributed by atoms with Gasteiger partial charge in [0.1, 0.15) is 17.8 Å². The molecule has 2 N–H and O–H groups in total. The minimum absolute atomic E-state index is 0.0264. The molecule has 3 amide bonds. The number of anilines is 4. The molecule has 56 heavy (non-hydrogen) atoms. The predicted molar refractivity (Wildman–Crippen MR) is 219 cm³/mol. The van der Waals surface area contributed by atoms with Crippen LogP contribution in [0.4, 0.5) is 22.7 Å². The zero-order valence-electron chi connectivity index (χ0n) is 32.3. The van der Waals surface area contributed by atoms with Crippen molar-refractivity contribution in [1.29, 1.82) is 5.26 Å². The number of nitriles is 1. The number of piperidine rings is 3. The van der Waals surface area contributed by atoms with Crippen molar-refractivity contribution in [2.75, 3.05) is 85.5 Å². The van der Waals surface area contributed by atoms with E-state index in [1.807, 2.05) is 47.5 Å². The highest BCUT2D eigenvalue weighted by molar-refractivity contribution is 6.32. The molecule has 5 fully saturated rings. The summed E-state index contributed by atoms with van der Waals surface area (Å²) < 4.78 is 0. The minimum atomic E-state index is -0.393. The van der Waals surface area contributed by atoms with E-state index in [1.54, 1.807) is 0 Å². The molecular formula is C43H52ClN9O3. The van der Waals surface area contributed by atoms with E-state index in [-0.39, 0.29) is 23.1 Å². The fourth-order valence-corrected chi connectivity index (χ4v) is 9.82. The Morgan fingerprint density at radius 1 is 0.929 bits per heavy atom. The number of amides is 3. The number of carbonyl (C=O) groups excluding carboxylic acids is 3. The summed E-state index contributed by atoms with van der Waals surface area (Å²) in [6.45, 7) is 11.6. The van der Waals surface area contributed by atoms with Crippen LogP contribution in [0.25, 0.3) is 0 Å². The van der Waals surface area contributed by atoms with Crippen molar-refractivity contribution in [2.24, 2.45) is 11.3 Å². The lowest BCUT2D eigenvalue weighted by Gasteiger charge is -2.40. The first-order valence-electron chi connectivity index (χ1n) is 20.3. The normalized spacial score (nSPS) is 23.3. The van der Waals surface area contributed by atoms with E-state index in [2.05, 4.69) is 66.4 Å². The molecule has 0 aliphatic carbocycles. The Bertz CT molecular complexity index is 1960. The van der Waals surface area contributed by atoms with Gasteiger partial charge in [0.15, 0.2) is 0 Å². The molecule has 0 bridgehead atoms. The number of nitrogens with zero attached hydrogens (tertiary/aromatic N) is 7. The smallest absolute Gasteiger partial charge is 0.272 e. The fourth-order valence-electron chi connectivity index (χ4n) is 9.60. The summed E-state index contributed by atoms with van der Waals surface area (Å²) in [6.07, 6.45) is 8.08. The molecule has 2 atom stereocenters. The second-order valence-electron chi connectivity index (χ2n) is 16.6. The number of hydrogen-bond acceptors (Lipinski definition) is 10.